The maximum atomic E-state index is 11.9. The highest BCUT2D eigenvalue weighted by Crippen LogP contribution is 2.22. The fourth-order valence-corrected chi connectivity index (χ4v) is 3.50. The molecular weight excluding hydrogens is 370 g/mol. The van der Waals surface area contributed by atoms with Crippen LogP contribution in [0.3, 0.4) is 0 Å². The molecule has 1 saturated heterocycles. The van der Waals surface area contributed by atoms with Crippen molar-refractivity contribution in [2.75, 3.05) is 26.3 Å². The summed E-state index contributed by atoms with van der Waals surface area (Å²) in [5.41, 5.74) is 3.30. The van der Waals surface area contributed by atoms with Gasteiger partial charge < -0.3 is 19.5 Å². The number of rotatable bonds is 9. The largest absolute Gasteiger partial charge is 0.490 e. The summed E-state index contributed by atoms with van der Waals surface area (Å²) in [5.74, 6) is 0.115. The van der Waals surface area contributed by atoms with Gasteiger partial charge in [0.25, 0.3) is 0 Å². The van der Waals surface area contributed by atoms with Crippen LogP contribution in [0.2, 0.25) is 0 Å². The maximum absolute atomic E-state index is 11.9. The van der Waals surface area contributed by atoms with Crippen LogP contribution in [0, 0.1) is 19.8 Å². The minimum absolute atomic E-state index is 0.0822. The molecule has 1 unspecified atom stereocenters. The second-order valence-corrected chi connectivity index (χ2v) is 7.39. The minimum atomic E-state index is -0.899. The fraction of sp³-hybridized carbons (Fsp3) is 0.391. The van der Waals surface area contributed by atoms with Crippen LogP contribution in [0.4, 0.5) is 0 Å². The Labute approximate surface area is 171 Å². The number of carbonyl (C=O) groups excluding carboxylic acids is 1. The molecule has 0 bridgehead atoms. The van der Waals surface area contributed by atoms with E-state index < -0.39 is 11.9 Å². The molecule has 1 fully saturated rings. The third kappa shape index (κ3) is 5.50. The van der Waals surface area contributed by atoms with E-state index >= 15 is 0 Å². The van der Waals surface area contributed by atoms with Gasteiger partial charge in [-0.3, -0.25) is 9.59 Å². The summed E-state index contributed by atoms with van der Waals surface area (Å²) in [5, 5.41) is 9.04. The summed E-state index contributed by atoms with van der Waals surface area (Å²) in [6.45, 7) is 5.81. The predicted octanol–water partition coefficient (Wildman–Crippen LogP) is 3.24. The van der Waals surface area contributed by atoms with Gasteiger partial charge in [0, 0.05) is 19.5 Å². The molecule has 0 radical (unpaired) electrons. The van der Waals surface area contributed by atoms with E-state index in [1.165, 1.54) is 0 Å². The van der Waals surface area contributed by atoms with Gasteiger partial charge in [0.2, 0.25) is 5.91 Å². The quantitative estimate of drug-likeness (QED) is 0.658. The average Bonchev–Trinajstić information content (AvgIpc) is 3.07. The second kappa shape index (κ2) is 9.45. The van der Waals surface area contributed by atoms with E-state index in [2.05, 4.69) is 0 Å². The molecule has 0 saturated carbocycles. The third-order valence-electron chi connectivity index (χ3n) is 5.16. The van der Waals surface area contributed by atoms with Crippen molar-refractivity contribution < 1.29 is 24.2 Å². The number of hydrogen-bond acceptors (Lipinski definition) is 4. The SMILES string of the molecule is Cc1cccc(C)c1OCCOc1ccc(CCN2CC(C(=O)O)CC2=O)cc1. The van der Waals surface area contributed by atoms with Crippen molar-refractivity contribution in [1.29, 1.82) is 0 Å². The highest BCUT2D eigenvalue weighted by molar-refractivity contribution is 5.86. The predicted molar refractivity (Wildman–Crippen MR) is 109 cm³/mol. The zero-order valence-corrected chi connectivity index (χ0v) is 16.9. The standard InChI is InChI=1S/C23H27NO5/c1-16-4-3-5-17(2)22(16)29-13-12-28-20-8-6-18(7-9-20)10-11-24-15-19(23(26)27)14-21(24)25/h3-9,19H,10-15H2,1-2H3,(H,26,27). The molecular formula is C23H27NO5. The van der Waals surface area contributed by atoms with Crippen molar-refractivity contribution in [3.05, 3.63) is 59.2 Å². The van der Waals surface area contributed by atoms with E-state index in [1.807, 2.05) is 56.3 Å². The number of likely N-dealkylation sites (tertiary alicyclic amines) is 1. The first-order valence-electron chi connectivity index (χ1n) is 9.85. The fourth-order valence-electron chi connectivity index (χ4n) is 3.50. The molecule has 1 N–H and O–H groups in total. The summed E-state index contributed by atoms with van der Waals surface area (Å²) in [4.78, 5) is 24.5. The summed E-state index contributed by atoms with van der Waals surface area (Å²) in [7, 11) is 0. The lowest BCUT2D eigenvalue weighted by Gasteiger charge is -2.16. The Morgan fingerprint density at radius 3 is 2.34 bits per heavy atom. The Kier molecular flexibility index (Phi) is 6.75. The Morgan fingerprint density at radius 2 is 1.72 bits per heavy atom. The number of carbonyl (C=O) groups is 2. The van der Waals surface area contributed by atoms with Gasteiger partial charge in [-0.15, -0.1) is 0 Å². The third-order valence-corrected chi connectivity index (χ3v) is 5.16. The van der Waals surface area contributed by atoms with Gasteiger partial charge in [-0.2, -0.15) is 0 Å². The highest BCUT2D eigenvalue weighted by atomic mass is 16.5. The van der Waals surface area contributed by atoms with Crippen LogP contribution >= 0.6 is 0 Å². The van der Waals surface area contributed by atoms with E-state index in [0.717, 1.165) is 28.2 Å². The van der Waals surface area contributed by atoms with Crippen LogP contribution in [0.1, 0.15) is 23.1 Å². The molecule has 0 aromatic heterocycles. The number of aliphatic carboxylic acids is 1. The molecule has 2 aromatic rings. The molecule has 1 heterocycles. The molecule has 3 rings (SSSR count). The molecule has 0 aliphatic carbocycles. The van der Waals surface area contributed by atoms with Gasteiger partial charge in [-0.1, -0.05) is 30.3 Å². The number of carboxylic acids is 1. The zero-order chi connectivity index (χ0) is 20.8. The maximum Gasteiger partial charge on any atom is 0.308 e. The minimum Gasteiger partial charge on any atom is -0.490 e. The number of amides is 1. The van der Waals surface area contributed by atoms with E-state index in [4.69, 9.17) is 14.6 Å². The molecule has 29 heavy (non-hydrogen) atoms. The summed E-state index contributed by atoms with van der Waals surface area (Å²) >= 11 is 0. The first-order chi connectivity index (χ1) is 13.9. The van der Waals surface area contributed by atoms with Gasteiger partial charge in [0.15, 0.2) is 0 Å². The average molecular weight is 397 g/mol. The lowest BCUT2D eigenvalue weighted by atomic mass is 10.1. The molecule has 1 amide bonds. The number of nitrogens with zero attached hydrogens (tertiary/aromatic N) is 1. The van der Waals surface area contributed by atoms with Gasteiger partial charge in [-0.05, 0) is 49.1 Å². The van der Waals surface area contributed by atoms with Crippen molar-refractivity contribution in [2.45, 2.75) is 26.7 Å². The van der Waals surface area contributed by atoms with E-state index in [0.29, 0.717) is 32.7 Å². The van der Waals surface area contributed by atoms with Crippen molar-refractivity contribution in [2.24, 2.45) is 5.92 Å². The van der Waals surface area contributed by atoms with Crippen LogP contribution < -0.4 is 9.47 Å². The summed E-state index contributed by atoms with van der Waals surface area (Å²) in [6, 6.07) is 13.8. The second-order valence-electron chi connectivity index (χ2n) is 7.39. The first-order valence-corrected chi connectivity index (χ1v) is 9.85. The van der Waals surface area contributed by atoms with Gasteiger partial charge in [0.05, 0.1) is 5.92 Å². The lowest BCUT2D eigenvalue weighted by Crippen LogP contribution is -2.28. The van der Waals surface area contributed by atoms with Crippen molar-refractivity contribution in [1.82, 2.24) is 4.90 Å². The molecule has 6 heteroatoms. The Bertz CT molecular complexity index is 842. The summed E-state index contributed by atoms with van der Waals surface area (Å²) in [6.07, 6.45) is 0.792. The topological polar surface area (TPSA) is 76.1 Å². The van der Waals surface area contributed by atoms with Crippen LogP contribution in [0.25, 0.3) is 0 Å². The van der Waals surface area contributed by atoms with Gasteiger partial charge in [-0.25, -0.2) is 0 Å². The zero-order valence-electron chi connectivity index (χ0n) is 16.9. The normalized spacial score (nSPS) is 16.1. The molecule has 1 aliphatic heterocycles. The Morgan fingerprint density at radius 1 is 1.07 bits per heavy atom. The monoisotopic (exact) mass is 397 g/mol. The number of ether oxygens (including phenoxy) is 2. The first kappa shape index (κ1) is 20.7. The lowest BCUT2D eigenvalue weighted by molar-refractivity contribution is -0.141. The molecule has 1 aliphatic rings. The number of aryl methyl sites for hydroxylation is 2. The number of hydrogen-bond donors (Lipinski definition) is 1. The van der Waals surface area contributed by atoms with Crippen molar-refractivity contribution >= 4 is 11.9 Å². The van der Waals surface area contributed by atoms with Crippen LogP contribution in [-0.4, -0.2) is 48.2 Å². The van der Waals surface area contributed by atoms with Gasteiger partial charge in [0.1, 0.15) is 24.7 Å². The number of para-hydroxylation sites is 1. The van der Waals surface area contributed by atoms with Crippen LogP contribution in [0.15, 0.2) is 42.5 Å². The molecule has 2 aromatic carbocycles. The van der Waals surface area contributed by atoms with Crippen molar-refractivity contribution in [3.8, 4) is 11.5 Å². The highest BCUT2D eigenvalue weighted by Gasteiger charge is 2.33. The van der Waals surface area contributed by atoms with E-state index in [-0.39, 0.29) is 12.3 Å². The number of benzene rings is 2. The molecule has 1 atom stereocenters. The molecule has 0 spiro atoms. The van der Waals surface area contributed by atoms with Crippen LogP contribution in [-0.2, 0) is 16.0 Å². The van der Waals surface area contributed by atoms with Gasteiger partial charge >= 0.3 is 5.97 Å². The number of carboxylic acid groups (broad SMARTS) is 1. The molecule has 154 valence electrons. The van der Waals surface area contributed by atoms with E-state index in [1.54, 1.807) is 4.90 Å². The van der Waals surface area contributed by atoms with Crippen LogP contribution in [0.5, 0.6) is 11.5 Å². The molecule has 6 nitrogen and oxygen atoms in total. The summed E-state index contributed by atoms with van der Waals surface area (Å²) < 4.78 is 11.6. The smallest absolute Gasteiger partial charge is 0.308 e. The van der Waals surface area contributed by atoms with E-state index in [9.17, 15) is 9.59 Å². The Balaban J connectivity index is 1.41. The van der Waals surface area contributed by atoms with Crippen molar-refractivity contribution in [3.63, 3.8) is 0 Å². The Hall–Kier alpha value is -3.02.